The van der Waals surface area contributed by atoms with Gasteiger partial charge in [0.1, 0.15) is 23.5 Å². The Morgan fingerprint density at radius 3 is 2.63 bits per heavy atom. The van der Waals surface area contributed by atoms with Gasteiger partial charge in [-0.15, -0.1) is 0 Å². The van der Waals surface area contributed by atoms with E-state index in [1.165, 1.54) is 0 Å². The summed E-state index contributed by atoms with van der Waals surface area (Å²) in [6.45, 7) is 2.72. The maximum Gasteiger partial charge on any atom is 0.321 e. The maximum absolute atomic E-state index is 12.5. The van der Waals surface area contributed by atoms with E-state index in [-0.39, 0.29) is 6.03 Å². The van der Waals surface area contributed by atoms with E-state index in [1.807, 2.05) is 35.2 Å². The van der Waals surface area contributed by atoms with Gasteiger partial charge >= 0.3 is 6.03 Å². The van der Waals surface area contributed by atoms with Crippen molar-refractivity contribution in [3.05, 3.63) is 40.4 Å². The van der Waals surface area contributed by atoms with Crippen molar-refractivity contribution in [3.8, 4) is 5.75 Å². The van der Waals surface area contributed by atoms with Crippen LogP contribution in [0.3, 0.4) is 0 Å². The van der Waals surface area contributed by atoms with Crippen LogP contribution in [0.1, 0.15) is 0 Å². The summed E-state index contributed by atoms with van der Waals surface area (Å²) in [5.74, 6) is 1.67. The van der Waals surface area contributed by atoms with Crippen molar-refractivity contribution in [3.63, 3.8) is 0 Å². The fourth-order valence-electron chi connectivity index (χ4n) is 3.14. The van der Waals surface area contributed by atoms with Gasteiger partial charge in [-0.2, -0.15) is 0 Å². The van der Waals surface area contributed by atoms with Gasteiger partial charge in [0.05, 0.1) is 16.2 Å². The van der Waals surface area contributed by atoms with Gasteiger partial charge in [-0.25, -0.2) is 14.8 Å². The van der Waals surface area contributed by atoms with E-state index in [0.29, 0.717) is 13.1 Å². The van der Waals surface area contributed by atoms with Crippen molar-refractivity contribution in [2.24, 2.45) is 0 Å². The van der Waals surface area contributed by atoms with Crippen LogP contribution in [0.4, 0.5) is 16.3 Å². The number of nitrogens with one attached hydrogen (secondary N) is 2. The molecule has 8 nitrogen and oxygen atoms in total. The van der Waals surface area contributed by atoms with Crippen molar-refractivity contribution in [2.75, 3.05) is 43.5 Å². The molecule has 0 atom stereocenters. The monoisotopic (exact) mass is 478 g/mol. The number of methoxy groups -OCH3 is 1. The van der Waals surface area contributed by atoms with Gasteiger partial charge in [0.25, 0.3) is 0 Å². The first kappa shape index (κ1) is 17.8. The topological polar surface area (TPSA) is 86.4 Å². The summed E-state index contributed by atoms with van der Waals surface area (Å²) in [6, 6.07) is 9.27. The van der Waals surface area contributed by atoms with E-state index >= 15 is 0 Å². The van der Waals surface area contributed by atoms with Crippen LogP contribution in [-0.4, -0.2) is 59.2 Å². The fraction of sp³-hybridized carbons (Fsp3) is 0.278. The number of aromatic amines is 1. The van der Waals surface area contributed by atoms with Crippen molar-refractivity contribution >= 4 is 51.2 Å². The normalized spacial score (nSPS) is 14.4. The zero-order chi connectivity index (χ0) is 18.8. The van der Waals surface area contributed by atoms with Gasteiger partial charge in [-0.3, -0.25) is 0 Å². The number of benzene rings is 1. The number of carbonyl (C=O) groups is 1. The van der Waals surface area contributed by atoms with Crippen molar-refractivity contribution in [2.45, 2.75) is 0 Å². The summed E-state index contributed by atoms with van der Waals surface area (Å²) in [6.07, 6.45) is 1.58. The fourth-order valence-corrected chi connectivity index (χ4v) is 3.71. The van der Waals surface area contributed by atoms with Crippen molar-refractivity contribution in [1.82, 2.24) is 19.9 Å². The second-order valence-corrected chi connectivity index (χ2v) is 7.37. The second-order valence-electron chi connectivity index (χ2n) is 6.21. The molecule has 0 spiro atoms. The molecule has 2 amide bonds. The van der Waals surface area contributed by atoms with Crippen LogP contribution < -0.4 is 15.0 Å². The number of urea groups is 1. The Hall–Kier alpha value is -2.56. The molecule has 27 heavy (non-hydrogen) atoms. The van der Waals surface area contributed by atoms with E-state index in [9.17, 15) is 4.79 Å². The van der Waals surface area contributed by atoms with Crippen molar-refractivity contribution < 1.29 is 9.53 Å². The number of H-pyrrole nitrogens is 1. The van der Waals surface area contributed by atoms with Crippen LogP contribution in [0.15, 0.2) is 36.7 Å². The van der Waals surface area contributed by atoms with Crippen LogP contribution in [0.2, 0.25) is 0 Å². The standard InChI is InChI=1S/C18H19IN6O2/c1-27-13-4-2-12(3-5-13)22-18(26)25-8-6-24(7-9-25)17-14-10-15(19)23-16(14)20-11-21-17/h2-5,10-11H,6-9H2,1H3,(H,22,26)(H,20,21,23). The molecule has 2 aromatic heterocycles. The molecule has 1 aliphatic rings. The summed E-state index contributed by atoms with van der Waals surface area (Å²) in [5.41, 5.74) is 1.59. The molecule has 0 saturated carbocycles. The molecule has 4 rings (SSSR count). The Labute approximate surface area is 170 Å². The third-order valence-electron chi connectivity index (χ3n) is 4.58. The number of hydrogen-bond donors (Lipinski definition) is 2. The zero-order valence-corrected chi connectivity index (χ0v) is 16.9. The number of aromatic nitrogens is 3. The molecule has 1 aliphatic heterocycles. The van der Waals surface area contributed by atoms with Gasteiger partial charge in [-0.1, -0.05) is 0 Å². The lowest BCUT2D eigenvalue weighted by Crippen LogP contribution is -2.50. The molecule has 0 bridgehead atoms. The largest absolute Gasteiger partial charge is 0.497 e. The highest BCUT2D eigenvalue weighted by molar-refractivity contribution is 14.1. The summed E-state index contributed by atoms with van der Waals surface area (Å²) < 4.78 is 6.16. The lowest BCUT2D eigenvalue weighted by atomic mass is 10.2. The van der Waals surface area contributed by atoms with E-state index < -0.39 is 0 Å². The SMILES string of the molecule is COc1ccc(NC(=O)N2CCN(c3ncnc4[nH]c(I)cc34)CC2)cc1. The minimum Gasteiger partial charge on any atom is -0.497 e. The minimum absolute atomic E-state index is 0.0937. The molecule has 3 heterocycles. The number of rotatable bonds is 3. The number of piperazine rings is 1. The number of carbonyl (C=O) groups excluding carboxylic acids is 1. The Morgan fingerprint density at radius 1 is 1.19 bits per heavy atom. The second kappa shape index (κ2) is 7.59. The molecule has 140 valence electrons. The number of fused-ring (bicyclic) bond motifs is 1. The highest BCUT2D eigenvalue weighted by Gasteiger charge is 2.23. The highest BCUT2D eigenvalue weighted by atomic mass is 127. The molecule has 1 saturated heterocycles. The smallest absolute Gasteiger partial charge is 0.321 e. The summed E-state index contributed by atoms with van der Waals surface area (Å²) in [4.78, 5) is 28.5. The number of anilines is 2. The van der Waals surface area contributed by atoms with Gasteiger partial charge < -0.3 is 24.8 Å². The summed E-state index contributed by atoms with van der Waals surface area (Å²) >= 11 is 2.24. The predicted molar refractivity (Wildman–Crippen MR) is 112 cm³/mol. The first-order valence-electron chi connectivity index (χ1n) is 8.58. The first-order chi connectivity index (χ1) is 13.1. The van der Waals surface area contributed by atoms with Gasteiger partial charge in [0, 0.05) is 31.9 Å². The van der Waals surface area contributed by atoms with Crippen LogP contribution in [0, 0.1) is 3.70 Å². The van der Waals surface area contributed by atoms with E-state index in [2.05, 4.69) is 47.8 Å². The van der Waals surface area contributed by atoms with Crippen LogP contribution >= 0.6 is 22.6 Å². The summed E-state index contributed by atoms with van der Waals surface area (Å²) in [5, 5.41) is 3.94. The predicted octanol–water partition coefficient (Wildman–Crippen LogP) is 2.93. The highest BCUT2D eigenvalue weighted by Crippen LogP contribution is 2.25. The number of ether oxygens (including phenoxy) is 1. The molecule has 9 heteroatoms. The zero-order valence-electron chi connectivity index (χ0n) is 14.8. The summed E-state index contributed by atoms with van der Waals surface area (Å²) in [7, 11) is 1.62. The number of hydrogen-bond acceptors (Lipinski definition) is 5. The molecular formula is C18H19IN6O2. The third kappa shape index (κ3) is 3.77. The van der Waals surface area contributed by atoms with Gasteiger partial charge in [0.2, 0.25) is 0 Å². The van der Waals surface area contributed by atoms with Crippen LogP contribution in [0.5, 0.6) is 5.75 Å². The maximum atomic E-state index is 12.5. The number of nitrogens with zero attached hydrogens (tertiary/aromatic N) is 4. The Bertz CT molecular complexity index is 950. The molecule has 0 radical (unpaired) electrons. The van der Waals surface area contributed by atoms with Gasteiger partial charge in [-0.05, 0) is 52.9 Å². The van der Waals surface area contributed by atoms with Crippen LogP contribution in [0.25, 0.3) is 11.0 Å². The molecule has 0 unspecified atom stereocenters. The minimum atomic E-state index is -0.0937. The molecule has 0 aliphatic carbocycles. The van der Waals surface area contributed by atoms with Gasteiger partial charge in [0.15, 0.2) is 0 Å². The number of halogens is 1. The van der Waals surface area contributed by atoms with E-state index in [4.69, 9.17) is 4.74 Å². The Balaban J connectivity index is 1.39. The Kier molecular flexibility index (Phi) is 5.01. The third-order valence-corrected chi connectivity index (χ3v) is 5.16. The lowest BCUT2D eigenvalue weighted by molar-refractivity contribution is 0.208. The molecule has 1 aromatic carbocycles. The van der Waals surface area contributed by atoms with Crippen LogP contribution in [-0.2, 0) is 0 Å². The molecule has 3 aromatic rings. The number of amides is 2. The quantitative estimate of drug-likeness (QED) is 0.566. The molecule has 2 N–H and O–H groups in total. The van der Waals surface area contributed by atoms with Crippen molar-refractivity contribution in [1.29, 1.82) is 0 Å². The first-order valence-corrected chi connectivity index (χ1v) is 9.66. The average molecular weight is 478 g/mol. The average Bonchev–Trinajstić information content (AvgIpc) is 3.09. The van der Waals surface area contributed by atoms with E-state index in [0.717, 1.165) is 45.1 Å². The Morgan fingerprint density at radius 2 is 1.93 bits per heavy atom. The molecule has 1 fully saturated rings. The van der Waals surface area contributed by atoms with E-state index in [1.54, 1.807) is 13.4 Å². The molecular weight excluding hydrogens is 459 g/mol. The lowest BCUT2D eigenvalue weighted by Gasteiger charge is -2.35.